The fraction of sp³-hybridized carbons (Fsp3) is 0.190. The minimum atomic E-state index is -0.461. The fourth-order valence-corrected chi connectivity index (χ4v) is 3.62. The van der Waals surface area contributed by atoms with Gasteiger partial charge in [-0.25, -0.2) is 14.3 Å². The van der Waals surface area contributed by atoms with Crippen molar-refractivity contribution < 1.29 is 4.74 Å². The first-order chi connectivity index (χ1) is 14.1. The molecular formula is C21H19ClN4O3. The molecule has 0 aliphatic heterocycles. The first-order valence-corrected chi connectivity index (χ1v) is 9.52. The van der Waals surface area contributed by atoms with Gasteiger partial charge in [-0.05, 0) is 30.7 Å². The number of rotatable bonds is 5. The number of hydrogen-bond acceptors (Lipinski definition) is 4. The van der Waals surface area contributed by atoms with Gasteiger partial charge in [-0.2, -0.15) is 0 Å². The van der Waals surface area contributed by atoms with Crippen LogP contribution in [0.1, 0.15) is 12.5 Å². The lowest BCUT2D eigenvalue weighted by Gasteiger charge is -2.14. The predicted molar refractivity (Wildman–Crippen MR) is 112 cm³/mol. The third-order valence-corrected chi connectivity index (χ3v) is 5.21. The molecule has 0 saturated heterocycles. The zero-order chi connectivity index (χ0) is 20.5. The van der Waals surface area contributed by atoms with Gasteiger partial charge < -0.3 is 9.30 Å². The van der Waals surface area contributed by atoms with Crippen molar-refractivity contribution >= 4 is 22.8 Å². The molecule has 0 aliphatic carbocycles. The lowest BCUT2D eigenvalue weighted by atomic mass is 10.2. The van der Waals surface area contributed by atoms with E-state index in [0.29, 0.717) is 28.5 Å². The molecule has 0 bridgehead atoms. The number of hydrogen-bond donors (Lipinski definition) is 0. The highest BCUT2D eigenvalue weighted by atomic mass is 35.5. The SMILES string of the molecule is CCn1c(=O)c2c(ncn2Cc2ccccc2Cl)n(-c2ccccc2OC)c1=O. The highest BCUT2D eigenvalue weighted by Gasteiger charge is 2.20. The van der Waals surface area contributed by atoms with Gasteiger partial charge in [0.25, 0.3) is 5.56 Å². The predicted octanol–water partition coefficient (Wildman–Crippen LogP) is 3.08. The molecule has 0 amide bonds. The number of fused-ring (bicyclic) bond motifs is 1. The second kappa shape index (κ2) is 7.60. The van der Waals surface area contributed by atoms with Gasteiger partial charge >= 0.3 is 5.69 Å². The third-order valence-electron chi connectivity index (χ3n) is 4.84. The second-order valence-electron chi connectivity index (χ2n) is 6.48. The van der Waals surface area contributed by atoms with E-state index >= 15 is 0 Å². The van der Waals surface area contributed by atoms with Crippen LogP contribution in [0, 0.1) is 0 Å². The highest BCUT2D eigenvalue weighted by molar-refractivity contribution is 6.31. The molecule has 4 rings (SSSR count). The van der Waals surface area contributed by atoms with Gasteiger partial charge in [-0.1, -0.05) is 41.9 Å². The van der Waals surface area contributed by atoms with Crippen LogP contribution in [-0.2, 0) is 13.1 Å². The second-order valence-corrected chi connectivity index (χ2v) is 6.88. The summed E-state index contributed by atoms with van der Waals surface area (Å²) in [6, 6.07) is 14.6. The van der Waals surface area contributed by atoms with Crippen LogP contribution < -0.4 is 16.0 Å². The summed E-state index contributed by atoms with van der Waals surface area (Å²) in [6.07, 6.45) is 1.56. The zero-order valence-corrected chi connectivity index (χ0v) is 16.8. The van der Waals surface area contributed by atoms with Crippen LogP contribution in [-0.4, -0.2) is 25.8 Å². The molecule has 0 atom stereocenters. The number of nitrogens with zero attached hydrogens (tertiary/aromatic N) is 4. The molecule has 0 unspecified atom stereocenters. The molecule has 29 heavy (non-hydrogen) atoms. The molecule has 2 aromatic heterocycles. The molecule has 0 aliphatic rings. The minimum absolute atomic E-state index is 0.236. The van der Waals surface area contributed by atoms with Crippen LogP contribution in [0.15, 0.2) is 64.4 Å². The summed E-state index contributed by atoms with van der Waals surface area (Å²) in [4.78, 5) is 30.6. The molecule has 0 radical (unpaired) electrons. The first kappa shape index (κ1) is 19.0. The Bertz CT molecular complexity index is 1320. The van der Waals surface area contributed by atoms with E-state index in [-0.39, 0.29) is 17.8 Å². The van der Waals surface area contributed by atoms with Crippen molar-refractivity contribution in [1.29, 1.82) is 0 Å². The van der Waals surface area contributed by atoms with Gasteiger partial charge in [0, 0.05) is 11.6 Å². The average molecular weight is 411 g/mol. The third kappa shape index (κ3) is 3.13. The Kier molecular flexibility index (Phi) is 4.98. The highest BCUT2D eigenvalue weighted by Crippen LogP contribution is 2.24. The lowest BCUT2D eigenvalue weighted by Crippen LogP contribution is -2.39. The van der Waals surface area contributed by atoms with Gasteiger partial charge in [0.2, 0.25) is 0 Å². The van der Waals surface area contributed by atoms with Crippen molar-refractivity contribution in [3.63, 3.8) is 0 Å². The first-order valence-electron chi connectivity index (χ1n) is 9.14. The minimum Gasteiger partial charge on any atom is -0.495 e. The van der Waals surface area contributed by atoms with E-state index in [4.69, 9.17) is 16.3 Å². The quantitative estimate of drug-likeness (QED) is 0.507. The Morgan fingerprint density at radius 1 is 1.07 bits per heavy atom. The number of aromatic nitrogens is 4. The van der Waals surface area contributed by atoms with E-state index in [0.717, 1.165) is 5.56 Å². The van der Waals surface area contributed by atoms with Crippen LogP contribution in [0.3, 0.4) is 0 Å². The van der Waals surface area contributed by atoms with E-state index in [2.05, 4.69) is 4.98 Å². The van der Waals surface area contributed by atoms with Gasteiger partial charge in [-0.15, -0.1) is 0 Å². The number of benzene rings is 2. The largest absolute Gasteiger partial charge is 0.495 e. The van der Waals surface area contributed by atoms with Crippen molar-refractivity contribution in [2.75, 3.05) is 7.11 Å². The van der Waals surface area contributed by atoms with Gasteiger partial charge in [0.05, 0.1) is 25.7 Å². The monoisotopic (exact) mass is 410 g/mol. The molecule has 7 nitrogen and oxygen atoms in total. The Labute approximate surface area is 171 Å². The lowest BCUT2D eigenvalue weighted by molar-refractivity contribution is 0.412. The number of imidazole rings is 1. The molecular weight excluding hydrogens is 392 g/mol. The maximum absolute atomic E-state index is 13.1. The summed E-state index contributed by atoms with van der Waals surface area (Å²) >= 11 is 6.29. The number of halogens is 1. The summed E-state index contributed by atoms with van der Waals surface area (Å²) in [5, 5.41) is 0.600. The van der Waals surface area contributed by atoms with Crippen molar-refractivity contribution in [1.82, 2.24) is 18.7 Å². The molecule has 2 aromatic carbocycles. The molecule has 0 spiro atoms. The van der Waals surface area contributed by atoms with Crippen LogP contribution >= 0.6 is 11.6 Å². The van der Waals surface area contributed by atoms with E-state index in [1.807, 2.05) is 24.3 Å². The number of para-hydroxylation sites is 2. The number of methoxy groups -OCH3 is 1. The normalized spacial score (nSPS) is 11.1. The van der Waals surface area contributed by atoms with Gasteiger partial charge in [0.1, 0.15) is 5.75 Å². The van der Waals surface area contributed by atoms with Crippen LogP contribution in [0.4, 0.5) is 0 Å². The average Bonchev–Trinajstić information content (AvgIpc) is 3.14. The van der Waals surface area contributed by atoms with Gasteiger partial charge in [0.15, 0.2) is 11.2 Å². The molecule has 4 aromatic rings. The molecule has 8 heteroatoms. The van der Waals surface area contributed by atoms with E-state index in [1.54, 1.807) is 42.1 Å². The van der Waals surface area contributed by atoms with E-state index < -0.39 is 5.69 Å². The van der Waals surface area contributed by atoms with Crippen molar-refractivity contribution in [3.05, 3.63) is 86.3 Å². The van der Waals surface area contributed by atoms with Crippen molar-refractivity contribution in [3.8, 4) is 11.4 Å². The summed E-state index contributed by atoms with van der Waals surface area (Å²) in [5.41, 5.74) is 1.14. The summed E-state index contributed by atoms with van der Waals surface area (Å²) in [7, 11) is 1.53. The maximum atomic E-state index is 13.1. The van der Waals surface area contributed by atoms with Crippen molar-refractivity contribution in [2.24, 2.45) is 0 Å². The Balaban J connectivity index is 2.04. The fourth-order valence-electron chi connectivity index (χ4n) is 3.42. The molecule has 2 heterocycles. The standard InChI is InChI=1S/C21H19ClN4O3/c1-3-25-20(27)18-19(23-13-24(18)12-14-8-4-5-9-15(14)22)26(21(25)28)16-10-6-7-11-17(16)29-2/h4-11,13H,3,12H2,1-2H3. The Morgan fingerprint density at radius 2 is 1.79 bits per heavy atom. The zero-order valence-electron chi connectivity index (χ0n) is 16.0. The molecule has 0 N–H and O–H groups in total. The molecule has 148 valence electrons. The Morgan fingerprint density at radius 3 is 2.52 bits per heavy atom. The summed E-state index contributed by atoms with van der Waals surface area (Å²) in [5.74, 6) is 0.512. The molecule has 0 saturated carbocycles. The number of ether oxygens (including phenoxy) is 1. The summed E-state index contributed by atoms with van der Waals surface area (Å²) < 4.78 is 9.76. The van der Waals surface area contributed by atoms with E-state index in [9.17, 15) is 9.59 Å². The Hall–Kier alpha value is -3.32. The van der Waals surface area contributed by atoms with Crippen molar-refractivity contribution in [2.45, 2.75) is 20.0 Å². The van der Waals surface area contributed by atoms with Crippen LogP contribution in [0.5, 0.6) is 5.75 Å². The van der Waals surface area contributed by atoms with Crippen LogP contribution in [0.25, 0.3) is 16.9 Å². The smallest absolute Gasteiger partial charge is 0.337 e. The van der Waals surface area contributed by atoms with E-state index in [1.165, 1.54) is 16.2 Å². The summed E-state index contributed by atoms with van der Waals surface area (Å²) in [6.45, 7) is 2.36. The van der Waals surface area contributed by atoms with Gasteiger partial charge in [-0.3, -0.25) is 9.36 Å². The maximum Gasteiger partial charge on any atom is 0.337 e. The van der Waals surface area contributed by atoms with Crippen LogP contribution in [0.2, 0.25) is 5.02 Å². The topological polar surface area (TPSA) is 71.1 Å². The molecule has 0 fully saturated rings.